The molecule has 1 aliphatic carbocycles. The van der Waals surface area contributed by atoms with Crippen molar-refractivity contribution >= 4 is 11.8 Å². The summed E-state index contributed by atoms with van der Waals surface area (Å²) >= 11 is 0. The highest BCUT2D eigenvalue weighted by Gasteiger charge is 2.36. The molecule has 192 valence electrons. The molecule has 2 fully saturated rings. The molecule has 1 saturated heterocycles. The van der Waals surface area contributed by atoms with Crippen molar-refractivity contribution in [3.63, 3.8) is 0 Å². The first-order valence-electron chi connectivity index (χ1n) is 12.7. The Balaban J connectivity index is 1.22. The minimum atomic E-state index is -0.287. The molecule has 2 amide bonds. The van der Waals surface area contributed by atoms with Gasteiger partial charge < -0.3 is 19.3 Å². The van der Waals surface area contributed by atoms with E-state index in [1.165, 1.54) is 12.1 Å². The maximum Gasteiger partial charge on any atom is 0.242 e. The van der Waals surface area contributed by atoms with Gasteiger partial charge >= 0.3 is 0 Å². The number of benzene rings is 3. The summed E-state index contributed by atoms with van der Waals surface area (Å²) in [6.45, 7) is 1.41. The van der Waals surface area contributed by atoms with E-state index >= 15 is 0 Å². The number of methoxy groups -OCH3 is 1. The lowest BCUT2D eigenvalue weighted by atomic mass is 9.99. The van der Waals surface area contributed by atoms with Crippen LogP contribution in [-0.2, 0) is 22.7 Å². The van der Waals surface area contributed by atoms with Crippen molar-refractivity contribution in [2.45, 2.75) is 44.4 Å². The van der Waals surface area contributed by atoms with E-state index in [1.807, 2.05) is 53.4 Å². The quantitative estimate of drug-likeness (QED) is 0.395. The molecule has 3 aromatic rings. The van der Waals surface area contributed by atoms with E-state index in [0.29, 0.717) is 31.0 Å². The fourth-order valence-electron chi connectivity index (χ4n) is 4.80. The number of ether oxygens (including phenoxy) is 2. The lowest BCUT2D eigenvalue weighted by Gasteiger charge is -2.26. The molecular weight excluding hydrogens is 471 g/mol. The summed E-state index contributed by atoms with van der Waals surface area (Å²) in [5.74, 6) is 0.994. The van der Waals surface area contributed by atoms with Crippen molar-refractivity contribution in [2.75, 3.05) is 20.2 Å². The molecule has 0 N–H and O–H groups in total. The summed E-state index contributed by atoms with van der Waals surface area (Å²) < 4.78 is 24.6. The topological polar surface area (TPSA) is 59.1 Å². The van der Waals surface area contributed by atoms with Crippen molar-refractivity contribution in [2.24, 2.45) is 0 Å². The van der Waals surface area contributed by atoms with Crippen LogP contribution in [0.25, 0.3) is 0 Å². The first-order valence-corrected chi connectivity index (χ1v) is 12.7. The van der Waals surface area contributed by atoms with E-state index in [-0.39, 0.29) is 42.7 Å². The van der Waals surface area contributed by atoms with Crippen LogP contribution in [0.3, 0.4) is 0 Å². The third-order valence-electron chi connectivity index (χ3n) is 7.01. The minimum Gasteiger partial charge on any atom is -0.493 e. The molecule has 3 aromatic carbocycles. The molecule has 0 radical (unpaired) electrons. The predicted molar refractivity (Wildman–Crippen MR) is 138 cm³/mol. The van der Waals surface area contributed by atoms with Crippen molar-refractivity contribution in [3.05, 3.63) is 95.3 Å². The molecule has 1 saturated carbocycles. The van der Waals surface area contributed by atoms with Crippen molar-refractivity contribution < 1.29 is 23.5 Å². The lowest BCUT2D eigenvalue weighted by Crippen LogP contribution is -2.41. The van der Waals surface area contributed by atoms with Gasteiger partial charge in [-0.2, -0.15) is 0 Å². The number of rotatable bonds is 10. The fraction of sp³-hybridized carbons (Fsp3) is 0.333. The second-order valence-corrected chi connectivity index (χ2v) is 9.74. The highest BCUT2D eigenvalue weighted by Crippen LogP contribution is 2.33. The van der Waals surface area contributed by atoms with Gasteiger partial charge in [0.1, 0.15) is 12.4 Å². The third kappa shape index (κ3) is 6.10. The van der Waals surface area contributed by atoms with E-state index in [1.54, 1.807) is 24.1 Å². The Labute approximate surface area is 216 Å². The number of halogens is 1. The van der Waals surface area contributed by atoms with Crippen LogP contribution < -0.4 is 9.47 Å². The summed E-state index contributed by atoms with van der Waals surface area (Å²) in [6, 6.07) is 22.0. The average molecular weight is 503 g/mol. The zero-order valence-corrected chi connectivity index (χ0v) is 20.9. The van der Waals surface area contributed by atoms with E-state index < -0.39 is 0 Å². The molecule has 0 spiro atoms. The first kappa shape index (κ1) is 24.8. The number of likely N-dealkylation sites (tertiary alicyclic amines) is 1. The van der Waals surface area contributed by atoms with E-state index in [4.69, 9.17) is 9.47 Å². The second kappa shape index (κ2) is 11.0. The zero-order chi connectivity index (χ0) is 25.8. The zero-order valence-electron chi connectivity index (χ0n) is 20.9. The summed E-state index contributed by atoms with van der Waals surface area (Å²) in [6.07, 6.45) is 2.39. The molecule has 0 aromatic heterocycles. The molecule has 5 rings (SSSR count). The van der Waals surface area contributed by atoms with Crippen LogP contribution in [0.5, 0.6) is 11.5 Å². The van der Waals surface area contributed by atoms with E-state index in [9.17, 15) is 14.0 Å². The fourth-order valence-corrected chi connectivity index (χ4v) is 4.80. The largest absolute Gasteiger partial charge is 0.493 e. The summed E-state index contributed by atoms with van der Waals surface area (Å²) in [5.41, 5.74) is 2.92. The molecule has 0 bridgehead atoms. The van der Waals surface area contributed by atoms with Gasteiger partial charge in [0.15, 0.2) is 11.5 Å². The maximum absolute atomic E-state index is 13.3. The Kier molecular flexibility index (Phi) is 7.40. The maximum atomic E-state index is 13.3. The minimum absolute atomic E-state index is 0.0276. The SMILES string of the molecule is COc1cc(CN(C(=O)CN2CC(c3ccccc3)CC2=O)C2CC2)ccc1OCc1ccc(F)cc1. The lowest BCUT2D eigenvalue weighted by molar-refractivity contribution is -0.139. The van der Waals surface area contributed by atoms with Crippen LogP contribution in [0, 0.1) is 5.82 Å². The third-order valence-corrected chi connectivity index (χ3v) is 7.01. The summed E-state index contributed by atoms with van der Waals surface area (Å²) in [4.78, 5) is 29.6. The Hall–Kier alpha value is -3.87. The highest BCUT2D eigenvalue weighted by molar-refractivity contribution is 5.87. The number of amides is 2. The molecule has 2 aliphatic rings. The number of carbonyl (C=O) groups is 2. The molecule has 1 unspecified atom stereocenters. The van der Waals surface area contributed by atoms with Gasteiger partial charge in [-0.3, -0.25) is 9.59 Å². The van der Waals surface area contributed by atoms with Crippen molar-refractivity contribution in [1.29, 1.82) is 0 Å². The Morgan fingerprint density at radius 1 is 1.00 bits per heavy atom. The van der Waals surface area contributed by atoms with Gasteiger partial charge in [0, 0.05) is 31.5 Å². The Morgan fingerprint density at radius 3 is 2.43 bits per heavy atom. The molecule has 1 aliphatic heterocycles. The van der Waals surface area contributed by atoms with E-state index in [2.05, 4.69) is 0 Å². The van der Waals surface area contributed by atoms with Crippen LogP contribution in [0.15, 0.2) is 72.8 Å². The molecule has 7 heteroatoms. The second-order valence-electron chi connectivity index (χ2n) is 9.74. The van der Waals surface area contributed by atoms with Gasteiger partial charge in [0.25, 0.3) is 0 Å². The summed E-state index contributed by atoms with van der Waals surface area (Å²) in [5, 5.41) is 0. The highest BCUT2D eigenvalue weighted by atomic mass is 19.1. The molecule has 6 nitrogen and oxygen atoms in total. The van der Waals surface area contributed by atoms with Crippen molar-refractivity contribution in [1.82, 2.24) is 9.80 Å². The molecule has 1 atom stereocenters. The van der Waals surface area contributed by atoms with Gasteiger partial charge in [0.2, 0.25) is 11.8 Å². The van der Waals surface area contributed by atoms with Crippen molar-refractivity contribution in [3.8, 4) is 11.5 Å². The number of hydrogen-bond acceptors (Lipinski definition) is 4. The average Bonchev–Trinajstić information content (AvgIpc) is 3.70. The standard InChI is InChI=1S/C30H31FN2O4/c1-36-28-15-22(9-14-27(28)37-20-21-7-10-25(31)11-8-21)17-33(26-12-13-26)30(35)19-32-18-24(16-29(32)34)23-5-3-2-4-6-23/h2-11,14-15,24,26H,12-13,16-20H2,1H3. The predicted octanol–water partition coefficient (Wildman–Crippen LogP) is 4.92. The first-order chi connectivity index (χ1) is 18.0. The number of nitrogens with zero attached hydrogens (tertiary/aromatic N) is 2. The Morgan fingerprint density at radius 2 is 1.73 bits per heavy atom. The van der Waals surface area contributed by atoms with Crippen LogP contribution in [0.1, 0.15) is 41.9 Å². The van der Waals surface area contributed by atoms with Gasteiger partial charge in [-0.15, -0.1) is 0 Å². The van der Waals surface area contributed by atoms with Crippen LogP contribution in [0.2, 0.25) is 0 Å². The smallest absolute Gasteiger partial charge is 0.242 e. The van der Waals surface area contributed by atoms with Crippen LogP contribution in [0.4, 0.5) is 4.39 Å². The summed E-state index contributed by atoms with van der Waals surface area (Å²) in [7, 11) is 1.58. The Bertz CT molecular complexity index is 1240. The normalized spacial score (nSPS) is 17.1. The van der Waals surface area contributed by atoms with Crippen LogP contribution >= 0.6 is 0 Å². The van der Waals surface area contributed by atoms with E-state index in [0.717, 1.165) is 29.5 Å². The molecular formula is C30H31FN2O4. The van der Waals surface area contributed by atoms with Gasteiger partial charge in [-0.05, 0) is 53.8 Å². The van der Waals surface area contributed by atoms with Gasteiger partial charge in [-0.1, -0.05) is 48.5 Å². The molecule has 37 heavy (non-hydrogen) atoms. The number of hydrogen-bond donors (Lipinski definition) is 0. The van der Waals surface area contributed by atoms with Gasteiger partial charge in [-0.25, -0.2) is 4.39 Å². The monoisotopic (exact) mass is 502 g/mol. The van der Waals surface area contributed by atoms with Crippen LogP contribution in [-0.4, -0.2) is 47.9 Å². The number of carbonyl (C=O) groups excluding carboxylic acids is 2. The van der Waals surface area contributed by atoms with Gasteiger partial charge in [0.05, 0.1) is 13.7 Å². The molecule has 1 heterocycles.